The Balaban J connectivity index is 1.67. The number of benzene rings is 1. The van der Waals surface area contributed by atoms with Crippen molar-refractivity contribution in [3.05, 3.63) is 53.2 Å². The number of aromatic nitrogens is 2. The van der Waals surface area contributed by atoms with E-state index in [9.17, 15) is 0 Å². The van der Waals surface area contributed by atoms with Crippen molar-refractivity contribution in [3.8, 4) is 10.8 Å². The van der Waals surface area contributed by atoms with E-state index in [0.717, 1.165) is 11.4 Å². The molecule has 126 valence electrons. The highest BCUT2D eigenvalue weighted by molar-refractivity contribution is 7.13. The molecule has 0 aliphatic carbocycles. The molecule has 0 saturated heterocycles. The van der Waals surface area contributed by atoms with E-state index in [2.05, 4.69) is 58.2 Å². The van der Waals surface area contributed by atoms with Gasteiger partial charge in [0.25, 0.3) is 5.89 Å². The van der Waals surface area contributed by atoms with Crippen molar-refractivity contribution in [1.29, 1.82) is 0 Å². The van der Waals surface area contributed by atoms with Crippen LogP contribution in [0.2, 0.25) is 0 Å². The smallest absolute Gasteiger partial charge is 0.257 e. The lowest BCUT2D eigenvalue weighted by atomic mass is 10.1. The van der Waals surface area contributed by atoms with Crippen LogP contribution in [0.1, 0.15) is 24.4 Å². The molecule has 3 aromatic rings. The van der Waals surface area contributed by atoms with Gasteiger partial charge in [-0.3, -0.25) is 4.90 Å². The van der Waals surface area contributed by atoms with Crippen LogP contribution in [0.4, 0.5) is 5.69 Å². The topological polar surface area (TPSA) is 45.4 Å². The van der Waals surface area contributed by atoms with Gasteiger partial charge < -0.3 is 9.32 Å². The van der Waals surface area contributed by atoms with Crippen molar-refractivity contribution in [2.24, 2.45) is 0 Å². The summed E-state index contributed by atoms with van der Waals surface area (Å²) >= 11 is 1.60. The van der Waals surface area contributed by atoms with Gasteiger partial charge in [0.1, 0.15) is 0 Å². The summed E-state index contributed by atoms with van der Waals surface area (Å²) in [5, 5.41) is 10.4. The molecular weight excluding hydrogens is 320 g/mol. The van der Waals surface area contributed by atoms with Crippen LogP contribution in [0.15, 0.2) is 46.2 Å². The predicted molar refractivity (Wildman–Crippen MR) is 98.3 cm³/mol. The molecule has 0 fully saturated rings. The fourth-order valence-electron chi connectivity index (χ4n) is 2.42. The average molecular weight is 342 g/mol. The number of thiophene rings is 1. The summed E-state index contributed by atoms with van der Waals surface area (Å²) in [5.41, 5.74) is 2.46. The van der Waals surface area contributed by atoms with Crippen LogP contribution in [0, 0.1) is 0 Å². The number of rotatable bonds is 6. The Morgan fingerprint density at radius 2 is 1.83 bits per heavy atom. The second-order valence-electron chi connectivity index (χ2n) is 6.07. The lowest BCUT2D eigenvalue weighted by molar-refractivity contribution is 0.218. The Hall–Kier alpha value is -2.18. The molecule has 6 heteroatoms. The van der Waals surface area contributed by atoms with Gasteiger partial charge >= 0.3 is 0 Å². The number of hydrogen-bond acceptors (Lipinski definition) is 6. The molecule has 2 heterocycles. The van der Waals surface area contributed by atoms with E-state index in [1.807, 2.05) is 31.6 Å². The maximum absolute atomic E-state index is 5.84. The summed E-state index contributed by atoms with van der Waals surface area (Å²) in [6.45, 7) is 2.91. The number of anilines is 1. The van der Waals surface area contributed by atoms with Crippen LogP contribution in [-0.2, 0) is 6.54 Å². The highest BCUT2D eigenvalue weighted by Gasteiger charge is 2.19. The SMILES string of the molecule is C[C@H](c1nnc(-c2cccs2)o1)N(C)Cc1ccc(N(C)C)cc1. The Bertz CT molecular complexity index is 765. The number of nitrogens with zero attached hydrogens (tertiary/aromatic N) is 4. The van der Waals surface area contributed by atoms with E-state index in [0.29, 0.717) is 11.8 Å². The van der Waals surface area contributed by atoms with Crippen LogP contribution in [0.5, 0.6) is 0 Å². The summed E-state index contributed by atoms with van der Waals surface area (Å²) in [5.74, 6) is 1.24. The second-order valence-corrected chi connectivity index (χ2v) is 7.02. The minimum absolute atomic E-state index is 0.0553. The van der Waals surface area contributed by atoms with E-state index in [-0.39, 0.29) is 6.04 Å². The normalized spacial score (nSPS) is 12.5. The van der Waals surface area contributed by atoms with Crippen molar-refractivity contribution in [1.82, 2.24) is 15.1 Å². The Morgan fingerprint density at radius 3 is 2.46 bits per heavy atom. The molecule has 0 aliphatic heterocycles. The second kappa shape index (κ2) is 7.15. The van der Waals surface area contributed by atoms with Crippen molar-refractivity contribution in [2.75, 3.05) is 26.0 Å². The molecule has 1 atom stereocenters. The van der Waals surface area contributed by atoms with Gasteiger partial charge in [-0.25, -0.2) is 0 Å². The lowest BCUT2D eigenvalue weighted by Crippen LogP contribution is -2.22. The fourth-order valence-corrected chi connectivity index (χ4v) is 3.06. The Labute approximate surface area is 146 Å². The molecule has 0 amide bonds. The highest BCUT2D eigenvalue weighted by atomic mass is 32.1. The molecule has 0 aliphatic rings. The van der Waals surface area contributed by atoms with Gasteiger partial charge in [0.15, 0.2) is 0 Å². The summed E-state index contributed by atoms with van der Waals surface area (Å²) < 4.78 is 5.84. The summed E-state index contributed by atoms with van der Waals surface area (Å²) in [6, 6.07) is 12.6. The molecule has 0 saturated carbocycles. The van der Waals surface area contributed by atoms with Crippen LogP contribution in [0.3, 0.4) is 0 Å². The molecule has 0 spiro atoms. The third-order valence-electron chi connectivity index (χ3n) is 4.08. The zero-order chi connectivity index (χ0) is 17.1. The van der Waals surface area contributed by atoms with Crippen molar-refractivity contribution in [3.63, 3.8) is 0 Å². The molecular formula is C18H22N4OS. The molecule has 3 rings (SSSR count). The fraction of sp³-hybridized carbons (Fsp3) is 0.333. The number of hydrogen-bond donors (Lipinski definition) is 0. The standard InChI is InChI=1S/C18H22N4OS/c1-13(17-19-20-18(23-17)16-6-5-11-24-16)22(4)12-14-7-9-15(10-8-14)21(2)3/h5-11,13H,12H2,1-4H3/t13-/m1/s1. The monoisotopic (exact) mass is 342 g/mol. The van der Waals surface area contributed by atoms with Crippen LogP contribution in [0.25, 0.3) is 10.8 Å². The molecule has 5 nitrogen and oxygen atoms in total. The zero-order valence-electron chi connectivity index (χ0n) is 14.4. The van der Waals surface area contributed by atoms with E-state index in [1.165, 1.54) is 11.3 Å². The molecule has 24 heavy (non-hydrogen) atoms. The van der Waals surface area contributed by atoms with Crippen molar-refractivity contribution in [2.45, 2.75) is 19.5 Å². The molecule has 2 aromatic heterocycles. The highest BCUT2D eigenvalue weighted by Crippen LogP contribution is 2.27. The molecule has 0 N–H and O–H groups in total. The molecule has 0 radical (unpaired) electrons. The molecule has 1 aromatic carbocycles. The summed E-state index contributed by atoms with van der Waals surface area (Å²) in [6.07, 6.45) is 0. The zero-order valence-corrected chi connectivity index (χ0v) is 15.2. The molecule has 0 unspecified atom stereocenters. The van der Waals surface area contributed by atoms with E-state index < -0.39 is 0 Å². The predicted octanol–water partition coefficient (Wildman–Crippen LogP) is 4.06. The first-order valence-corrected chi connectivity index (χ1v) is 8.76. The van der Waals surface area contributed by atoms with Gasteiger partial charge in [-0.05, 0) is 43.1 Å². The average Bonchev–Trinajstić information content (AvgIpc) is 3.25. The third kappa shape index (κ3) is 3.66. The quantitative estimate of drug-likeness (QED) is 0.676. The Kier molecular flexibility index (Phi) is 4.97. The largest absolute Gasteiger partial charge is 0.418 e. The Morgan fingerprint density at radius 1 is 1.08 bits per heavy atom. The minimum atomic E-state index is 0.0553. The first kappa shape index (κ1) is 16.7. The van der Waals surface area contributed by atoms with Crippen LogP contribution in [-0.4, -0.2) is 36.2 Å². The van der Waals surface area contributed by atoms with Crippen LogP contribution >= 0.6 is 11.3 Å². The summed E-state index contributed by atoms with van der Waals surface area (Å²) in [7, 11) is 6.16. The minimum Gasteiger partial charge on any atom is -0.418 e. The van der Waals surface area contributed by atoms with Gasteiger partial charge in [0.05, 0.1) is 10.9 Å². The first-order valence-electron chi connectivity index (χ1n) is 7.88. The first-order chi connectivity index (χ1) is 11.5. The maximum atomic E-state index is 5.84. The molecule has 0 bridgehead atoms. The van der Waals surface area contributed by atoms with E-state index >= 15 is 0 Å². The maximum Gasteiger partial charge on any atom is 0.257 e. The van der Waals surface area contributed by atoms with Gasteiger partial charge in [0, 0.05) is 26.3 Å². The van der Waals surface area contributed by atoms with E-state index in [1.54, 1.807) is 11.3 Å². The lowest BCUT2D eigenvalue weighted by Gasteiger charge is -2.22. The van der Waals surface area contributed by atoms with Gasteiger partial charge in [-0.2, -0.15) is 0 Å². The van der Waals surface area contributed by atoms with Gasteiger partial charge in [0.2, 0.25) is 5.89 Å². The van der Waals surface area contributed by atoms with E-state index in [4.69, 9.17) is 4.42 Å². The van der Waals surface area contributed by atoms with Crippen molar-refractivity contribution < 1.29 is 4.42 Å². The van der Waals surface area contributed by atoms with Gasteiger partial charge in [-0.1, -0.05) is 18.2 Å². The summed E-state index contributed by atoms with van der Waals surface area (Å²) in [4.78, 5) is 5.31. The third-order valence-corrected chi connectivity index (χ3v) is 4.93. The van der Waals surface area contributed by atoms with Gasteiger partial charge in [-0.15, -0.1) is 21.5 Å². The van der Waals surface area contributed by atoms with Crippen molar-refractivity contribution >= 4 is 17.0 Å². The van der Waals surface area contributed by atoms with Crippen LogP contribution < -0.4 is 4.90 Å².